The van der Waals surface area contributed by atoms with Crippen LogP contribution in [0.2, 0.25) is 0 Å². The summed E-state index contributed by atoms with van der Waals surface area (Å²) in [6, 6.07) is 4.72. The molecule has 4 saturated carbocycles. The Morgan fingerprint density at radius 3 is 2.00 bits per heavy atom. The molecule has 6 rings (SSSR count). The lowest BCUT2D eigenvalue weighted by Gasteiger charge is -2.55. The van der Waals surface area contributed by atoms with Crippen LogP contribution in [0, 0.1) is 29.0 Å². The molecule has 9 heteroatoms. The smallest absolute Gasteiger partial charge is 0.312 e. The topological polar surface area (TPSA) is 84.0 Å². The summed E-state index contributed by atoms with van der Waals surface area (Å²) in [5.74, 6) is 0.869. The van der Waals surface area contributed by atoms with Crippen LogP contribution in [-0.2, 0) is 24.3 Å². The van der Waals surface area contributed by atoms with Crippen LogP contribution in [0.1, 0.15) is 38.5 Å². The Morgan fingerprint density at radius 2 is 1.47 bits per heavy atom. The first kappa shape index (κ1) is 21.8. The van der Waals surface area contributed by atoms with Crippen LogP contribution in [0.4, 0.5) is 4.39 Å². The molecule has 5 fully saturated rings. The average Bonchev–Trinajstić information content (AvgIpc) is 2.76. The van der Waals surface area contributed by atoms with Gasteiger partial charge in [0.05, 0.1) is 10.3 Å². The van der Waals surface area contributed by atoms with E-state index in [1.54, 1.807) is 4.90 Å². The van der Waals surface area contributed by atoms with E-state index in [-0.39, 0.29) is 49.6 Å². The van der Waals surface area contributed by atoms with Gasteiger partial charge in [0.15, 0.2) is 6.61 Å². The average molecular weight is 465 g/mol. The van der Waals surface area contributed by atoms with E-state index in [1.807, 2.05) is 0 Å². The minimum Gasteiger partial charge on any atom is -0.455 e. The number of nitrogens with zero attached hydrogens (tertiary/aromatic N) is 2. The van der Waals surface area contributed by atoms with Crippen LogP contribution in [0.15, 0.2) is 29.2 Å². The maximum absolute atomic E-state index is 13.1. The number of piperazine rings is 1. The standard InChI is InChI=1S/C23H29FN2O5S/c24-19-1-3-20(4-2-19)32(29,30)26-7-5-25(6-8-26)21(27)15-31-22(28)23-12-16-9-17(13-23)11-18(10-16)14-23/h1-4,16-18H,5-15H2. The third-order valence-corrected chi connectivity index (χ3v) is 9.75. The van der Waals surface area contributed by atoms with Gasteiger partial charge >= 0.3 is 5.97 Å². The molecule has 1 saturated heterocycles. The van der Waals surface area contributed by atoms with E-state index >= 15 is 0 Å². The molecular formula is C23H29FN2O5S. The zero-order chi connectivity index (χ0) is 22.5. The van der Waals surface area contributed by atoms with Gasteiger partial charge in [-0.3, -0.25) is 9.59 Å². The molecule has 0 atom stereocenters. The fourth-order valence-electron chi connectivity index (χ4n) is 6.67. The molecule has 1 heterocycles. The van der Waals surface area contributed by atoms with Crippen molar-refractivity contribution in [3.05, 3.63) is 30.1 Å². The summed E-state index contributed by atoms with van der Waals surface area (Å²) < 4.78 is 45.4. The largest absolute Gasteiger partial charge is 0.455 e. The van der Waals surface area contributed by atoms with Crippen molar-refractivity contribution in [2.75, 3.05) is 32.8 Å². The van der Waals surface area contributed by atoms with Crippen LogP contribution in [0.25, 0.3) is 0 Å². The number of amides is 1. The fourth-order valence-corrected chi connectivity index (χ4v) is 8.09. The van der Waals surface area contributed by atoms with Crippen molar-refractivity contribution in [3.63, 3.8) is 0 Å². The summed E-state index contributed by atoms with van der Waals surface area (Å²) >= 11 is 0. The second-order valence-electron chi connectivity index (χ2n) is 10.0. The van der Waals surface area contributed by atoms with Crippen molar-refractivity contribution in [1.29, 1.82) is 0 Å². The molecule has 174 valence electrons. The van der Waals surface area contributed by atoms with Crippen LogP contribution in [0.3, 0.4) is 0 Å². The third-order valence-electron chi connectivity index (χ3n) is 7.84. The van der Waals surface area contributed by atoms with Crippen molar-refractivity contribution in [1.82, 2.24) is 9.21 Å². The Balaban J connectivity index is 1.13. The molecule has 4 aliphatic carbocycles. The molecule has 1 amide bonds. The summed E-state index contributed by atoms with van der Waals surface area (Å²) in [5, 5.41) is 0. The number of esters is 1. The summed E-state index contributed by atoms with van der Waals surface area (Å²) in [6.07, 6.45) is 6.38. The molecule has 0 aromatic heterocycles. The SMILES string of the molecule is O=C(COC(=O)C12CC3CC(CC(C3)C1)C2)N1CCN(S(=O)(=O)c2ccc(F)cc2)CC1. The highest BCUT2D eigenvalue weighted by atomic mass is 32.2. The number of halogens is 1. The first-order valence-electron chi connectivity index (χ1n) is 11.5. The van der Waals surface area contributed by atoms with E-state index in [4.69, 9.17) is 4.74 Å². The first-order valence-corrected chi connectivity index (χ1v) is 12.9. The molecule has 5 aliphatic rings. The third kappa shape index (κ3) is 3.94. The van der Waals surface area contributed by atoms with Crippen LogP contribution in [0.5, 0.6) is 0 Å². The second kappa shape index (κ2) is 8.09. The van der Waals surface area contributed by atoms with Gasteiger partial charge in [0.25, 0.3) is 5.91 Å². The van der Waals surface area contributed by atoms with Crippen LogP contribution < -0.4 is 0 Å². The van der Waals surface area contributed by atoms with Crippen molar-refractivity contribution in [2.45, 2.75) is 43.4 Å². The molecule has 1 aromatic rings. The van der Waals surface area contributed by atoms with Gasteiger partial charge in [-0.25, -0.2) is 12.8 Å². The van der Waals surface area contributed by atoms with E-state index < -0.39 is 21.3 Å². The minimum atomic E-state index is -3.74. The Kier molecular flexibility index (Phi) is 5.52. The zero-order valence-electron chi connectivity index (χ0n) is 18.0. The number of benzene rings is 1. The molecule has 0 spiro atoms. The normalized spacial score (nSPS) is 32.2. The molecular weight excluding hydrogens is 435 g/mol. The van der Waals surface area contributed by atoms with E-state index in [9.17, 15) is 22.4 Å². The van der Waals surface area contributed by atoms with E-state index in [0.29, 0.717) is 17.8 Å². The summed E-state index contributed by atoms with van der Waals surface area (Å²) in [5.41, 5.74) is -0.392. The lowest BCUT2D eigenvalue weighted by atomic mass is 9.49. The monoisotopic (exact) mass is 464 g/mol. The van der Waals surface area contributed by atoms with Gasteiger partial charge in [0.1, 0.15) is 5.82 Å². The maximum Gasteiger partial charge on any atom is 0.312 e. The lowest BCUT2D eigenvalue weighted by molar-refractivity contribution is -0.174. The highest BCUT2D eigenvalue weighted by Gasteiger charge is 2.55. The number of hydrogen-bond acceptors (Lipinski definition) is 5. The van der Waals surface area contributed by atoms with E-state index in [0.717, 1.165) is 31.4 Å². The molecule has 4 bridgehead atoms. The van der Waals surface area contributed by atoms with Gasteiger partial charge < -0.3 is 9.64 Å². The number of rotatable bonds is 5. The fraction of sp³-hybridized carbons (Fsp3) is 0.652. The number of carbonyl (C=O) groups excluding carboxylic acids is 2. The Bertz CT molecular complexity index is 966. The van der Waals surface area contributed by atoms with Crippen LogP contribution in [-0.4, -0.2) is 62.3 Å². The number of sulfonamides is 1. The second-order valence-corrected chi connectivity index (χ2v) is 12.0. The van der Waals surface area contributed by atoms with Crippen molar-refractivity contribution < 1.29 is 27.1 Å². The molecule has 0 unspecified atom stereocenters. The zero-order valence-corrected chi connectivity index (χ0v) is 18.9. The van der Waals surface area contributed by atoms with Gasteiger partial charge in [-0.1, -0.05) is 0 Å². The summed E-state index contributed by atoms with van der Waals surface area (Å²) in [6.45, 7) is 0.469. The molecule has 1 aliphatic heterocycles. The molecule has 32 heavy (non-hydrogen) atoms. The van der Waals surface area contributed by atoms with Crippen LogP contribution >= 0.6 is 0 Å². The lowest BCUT2D eigenvalue weighted by Crippen LogP contribution is -2.53. The summed E-state index contributed by atoms with van der Waals surface area (Å²) in [7, 11) is -3.74. The number of hydrogen-bond donors (Lipinski definition) is 0. The maximum atomic E-state index is 13.1. The predicted molar refractivity (Wildman–Crippen MR) is 113 cm³/mol. The van der Waals surface area contributed by atoms with Gasteiger partial charge in [-0.05, 0) is 80.5 Å². The molecule has 1 aromatic carbocycles. The quantitative estimate of drug-likeness (QED) is 0.625. The highest BCUT2D eigenvalue weighted by Crippen LogP contribution is 2.60. The Morgan fingerprint density at radius 1 is 0.938 bits per heavy atom. The van der Waals surface area contributed by atoms with Gasteiger partial charge in [0.2, 0.25) is 10.0 Å². The minimum absolute atomic E-state index is 0.0307. The predicted octanol–water partition coefficient (Wildman–Crippen LogP) is 2.42. The van der Waals surface area contributed by atoms with Gasteiger partial charge in [-0.2, -0.15) is 4.31 Å². The van der Waals surface area contributed by atoms with Crippen molar-refractivity contribution in [2.24, 2.45) is 23.2 Å². The molecule has 0 N–H and O–H groups in total. The first-order chi connectivity index (χ1) is 15.2. The Labute approximate surface area is 187 Å². The van der Waals surface area contributed by atoms with Gasteiger partial charge in [-0.15, -0.1) is 0 Å². The Hall–Kier alpha value is -2.00. The number of ether oxygens (including phenoxy) is 1. The van der Waals surface area contributed by atoms with E-state index in [2.05, 4.69) is 0 Å². The molecule has 0 radical (unpaired) electrons. The number of carbonyl (C=O) groups is 2. The highest BCUT2D eigenvalue weighted by molar-refractivity contribution is 7.89. The van der Waals surface area contributed by atoms with Gasteiger partial charge in [0, 0.05) is 26.2 Å². The summed E-state index contributed by atoms with van der Waals surface area (Å²) in [4.78, 5) is 27.1. The van der Waals surface area contributed by atoms with E-state index in [1.165, 1.54) is 35.7 Å². The molecule has 7 nitrogen and oxygen atoms in total. The van der Waals surface area contributed by atoms with Crippen molar-refractivity contribution >= 4 is 21.9 Å². The van der Waals surface area contributed by atoms with Crippen molar-refractivity contribution in [3.8, 4) is 0 Å².